The summed E-state index contributed by atoms with van der Waals surface area (Å²) >= 11 is 0. The summed E-state index contributed by atoms with van der Waals surface area (Å²) in [4.78, 5) is 18.7. The molecule has 0 unspecified atom stereocenters. The summed E-state index contributed by atoms with van der Waals surface area (Å²) in [6.45, 7) is 8.30. The summed E-state index contributed by atoms with van der Waals surface area (Å²) in [7, 11) is 0. The second-order valence-corrected chi connectivity index (χ2v) is 7.64. The number of aromatic nitrogens is 4. The number of nitrogens with zero attached hydrogens (tertiary/aromatic N) is 4. The quantitative estimate of drug-likeness (QED) is 0.866. The van der Waals surface area contributed by atoms with E-state index in [1.165, 1.54) is 19.3 Å². The number of anilines is 1. The maximum absolute atomic E-state index is 4.54. The van der Waals surface area contributed by atoms with Crippen LogP contribution in [0.3, 0.4) is 0 Å². The maximum Gasteiger partial charge on any atom is 0.182 e. The summed E-state index contributed by atoms with van der Waals surface area (Å²) in [6, 6.07) is 0.588. The average Bonchev–Trinajstić information content (AvgIpc) is 2.89. The van der Waals surface area contributed by atoms with E-state index in [2.05, 4.69) is 45.6 Å². The molecule has 1 saturated heterocycles. The van der Waals surface area contributed by atoms with E-state index in [0.717, 1.165) is 23.5 Å². The molecular weight excluding hydrogens is 250 g/mol. The average molecular weight is 271 g/mol. The predicted molar refractivity (Wildman–Crippen MR) is 78.6 cm³/mol. The van der Waals surface area contributed by atoms with Gasteiger partial charge in [-0.25, -0.2) is 15.0 Å². The first-order chi connectivity index (χ1) is 9.46. The fourth-order valence-corrected chi connectivity index (χ4v) is 4.68. The van der Waals surface area contributed by atoms with Gasteiger partial charge >= 0.3 is 0 Å². The van der Waals surface area contributed by atoms with Gasteiger partial charge < -0.3 is 9.88 Å². The standard InChI is InChI=1S/C15H21N5/c1-14(2)4-10-5-15(3,6-14)7-20(10)13-11-12(17-8-16-11)18-9-19-13/h8-10H,4-7H2,1-3H3,(H,16,17,18,19)/t10-,15+/m0/s1. The Morgan fingerprint density at radius 1 is 1.20 bits per heavy atom. The third-order valence-electron chi connectivity index (χ3n) is 4.89. The highest BCUT2D eigenvalue weighted by molar-refractivity contribution is 5.83. The Labute approximate surface area is 118 Å². The molecule has 3 heterocycles. The van der Waals surface area contributed by atoms with Crippen LogP contribution >= 0.6 is 0 Å². The fraction of sp³-hybridized carbons (Fsp3) is 0.667. The number of hydrogen-bond acceptors (Lipinski definition) is 4. The number of fused-ring (bicyclic) bond motifs is 3. The Hall–Kier alpha value is -1.65. The molecule has 2 aliphatic rings. The van der Waals surface area contributed by atoms with Crippen LogP contribution in [0.2, 0.25) is 0 Å². The van der Waals surface area contributed by atoms with E-state index in [-0.39, 0.29) is 0 Å². The van der Waals surface area contributed by atoms with Crippen molar-refractivity contribution in [3.05, 3.63) is 12.7 Å². The zero-order valence-corrected chi connectivity index (χ0v) is 12.3. The predicted octanol–water partition coefficient (Wildman–Crippen LogP) is 2.76. The van der Waals surface area contributed by atoms with Gasteiger partial charge in [-0.2, -0.15) is 0 Å². The van der Waals surface area contributed by atoms with Crippen LogP contribution < -0.4 is 4.90 Å². The molecule has 1 N–H and O–H groups in total. The van der Waals surface area contributed by atoms with Gasteiger partial charge in [-0.1, -0.05) is 20.8 Å². The van der Waals surface area contributed by atoms with Gasteiger partial charge in [-0.15, -0.1) is 0 Å². The van der Waals surface area contributed by atoms with Crippen LogP contribution in [0.25, 0.3) is 11.2 Å². The Kier molecular flexibility index (Phi) is 2.25. The maximum atomic E-state index is 4.54. The number of aromatic amines is 1. The van der Waals surface area contributed by atoms with Crippen LogP contribution in [0.4, 0.5) is 5.82 Å². The molecular formula is C15H21N5. The largest absolute Gasteiger partial charge is 0.351 e. The van der Waals surface area contributed by atoms with Crippen molar-refractivity contribution in [2.24, 2.45) is 10.8 Å². The molecule has 2 bridgehead atoms. The highest BCUT2D eigenvalue weighted by atomic mass is 15.3. The monoisotopic (exact) mass is 271 g/mol. The van der Waals surface area contributed by atoms with Crippen LogP contribution in [0.5, 0.6) is 0 Å². The van der Waals surface area contributed by atoms with Crippen LogP contribution in [-0.2, 0) is 0 Å². The summed E-state index contributed by atoms with van der Waals surface area (Å²) in [5.41, 5.74) is 2.57. The zero-order valence-electron chi connectivity index (χ0n) is 12.3. The molecule has 2 fully saturated rings. The molecule has 2 aromatic rings. The van der Waals surface area contributed by atoms with Crippen molar-refractivity contribution in [3.8, 4) is 0 Å². The number of H-pyrrole nitrogens is 1. The second kappa shape index (κ2) is 3.71. The smallest absolute Gasteiger partial charge is 0.182 e. The van der Waals surface area contributed by atoms with E-state index < -0.39 is 0 Å². The lowest BCUT2D eigenvalue weighted by Gasteiger charge is -2.39. The molecule has 5 nitrogen and oxygen atoms in total. The molecule has 106 valence electrons. The van der Waals surface area contributed by atoms with Crippen molar-refractivity contribution in [1.29, 1.82) is 0 Å². The highest BCUT2D eigenvalue weighted by Crippen LogP contribution is 2.53. The van der Waals surface area contributed by atoms with Gasteiger partial charge in [0, 0.05) is 12.6 Å². The molecule has 5 heteroatoms. The Morgan fingerprint density at radius 3 is 2.90 bits per heavy atom. The van der Waals surface area contributed by atoms with Gasteiger partial charge in [0.1, 0.15) is 11.8 Å². The van der Waals surface area contributed by atoms with Crippen LogP contribution in [0.15, 0.2) is 12.7 Å². The van der Waals surface area contributed by atoms with E-state index in [1.54, 1.807) is 12.7 Å². The third-order valence-corrected chi connectivity index (χ3v) is 4.89. The van der Waals surface area contributed by atoms with E-state index in [1.807, 2.05) is 0 Å². The van der Waals surface area contributed by atoms with Crippen LogP contribution in [0, 0.1) is 10.8 Å². The SMILES string of the molecule is CC1(C)C[C@H]2C[C@@](C)(CN2c2ncnc3nc[nH]c23)C1. The molecule has 0 aromatic carbocycles. The van der Waals surface area contributed by atoms with E-state index >= 15 is 0 Å². The first kappa shape index (κ1) is 12.1. The van der Waals surface area contributed by atoms with Crippen LogP contribution in [0.1, 0.15) is 40.0 Å². The van der Waals surface area contributed by atoms with Gasteiger partial charge in [0.2, 0.25) is 0 Å². The number of nitrogens with one attached hydrogen (secondary N) is 1. The number of imidazole rings is 1. The minimum Gasteiger partial charge on any atom is -0.351 e. The summed E-state index contributed by atoms with van der Waals surface area (Å²) in [5, 5.41) is 0. The molecule has 4 rings (SSSR count). The van der Waals surface area contributed by atoms with E-state index in [0.29, 0.717) is 16.9 Å². The van der Waals surface area contributed by atoms with Gasteiger partial charge in [-0.05, 0) is 30.1 Å². The van der Waals surface area contributed by atoms with Crippen LogP contribution in [-0.4, -0.2) is 32.5 Å². The lowest BCUT2D eigenvalue weighted by molar-refractivity contribution is 0.136. The van der Waals surface area contributed by atoms with Crippen molar-refractivity contribution in [2.75, 3.05) is 11.4 Å². The van der Waals surface area contributed by atoms with E-state index in [9.17, 15) is 0 Å². The molecule has 1 aliphatic carbocycles. The summed E-state index contributed by atoms with van der Waals surface area (Å²) in [5.74, 6) is 1.03. The molecule has 2 aromatic heterocycles. The Bertz CT molecular complexity index is 661. The van der Waals surface area contributed by atoms with Gasteiger partial charge in [0.25, 0.3) is 0 Å². The molecule has 20 heavy (non-hydrogen) atoms. The minimum atomic E-state index is 0.406. The molecule has 1 saturated carbocycles. The zero-order chi connectivity index (χ0) is 14.0. The molecule has 0 amide bonds. The molecule has 2 atom stereocenters. The first-order valence-electron chi connectivity index (χ1n) is 7.37. The molecule has 1 aliphatic heterocycles. The second-order valence-electron chi connectivity index (χ2n) is 7.64. The van der Waals surface area contributed by atoms with Crippen molar-refractivity contribution >= 4 is 17.0 Å². The summed E-state index contributed by atoms with van der Waals surface area (Å²) < 4.78 is 0. The lowest BCUT2D eigenvalue weighted by atomic mass is 9.65. The van der Waals surface area contributed by atoms with Gasteiger partial charge in [-0.3, -0.25) is 0 Å². The summed E-state index contributed by atoms with van der Waals surface area (Å²) in [6.07, 6.45) is 7.15. The van der Waals surface area contributed by atoms with Crippen molar-refractivity contribution in [2.45, 2.75) is 46.1 Å². The normalized spacial score (nSPS) is 31.9. The minimum absolute atomic E-state index is 0.406. The number of rotatable bonds is 1. The van der Waals surface area contributed by atoms with Crippen molar-refractivity contribution < 1.29 is 0 Å². The lowest BCUT2D eigenvalue weighted by Crippen LogP contribution is -2.35. The first-order valence-corrected chi connectivity index (χ1v) is 7.37. The van der Waals surface area contributed by atoms with Crippen molar-refractivity contribution in [3.63, 3.8) is 0 Å². The molecule has 0 spiro atoms. The number of hydrogen-bond donors (Lipinski definition) is 1. The Balaban J connectivity index is 1.79. The third kappa shape index (κ3) is 1.72. The van der Waals surface area contributed by atoms with Gasteiger partial charge in [0.15, 0.2) is 11.5 Å². The fourth-order valence-electron chi connectivity index (χ4n) is 4.68. The van der Waals surface area contributed by atoms with Crippen molar-refractivity contribution in [1.82, 2.24) is 19.9 Å². The van der Waals surface area contributed by atoms with E-state index in [4.69, 9.17) is 0 Å². The molecule has 0 radical (unpaired) electrons. The van der Waals surface area contributed by atoms with Gasteiger partial charge in [0.05, 0.1) is 6.33 Å². The topological polar surface area (TPSA) is 57.7 Å². The highest BCUT2D eigenvalue weighted by Gasteiger charge is 2.50. The Morgan fingerprint density at radius 2 is 2.05 bits per heavy atom.